The molecule has 1 aromatic heterocycles. The molecule has 29 heavy (non-hydrogen) atoms. The summed E-state index contributed by atoms with van der Waals surface area (Å²) in [5.74, 6) is 6.15. The molecule has 1 saturated heterocycles. The monoisotopic (exact) mass is 390 g/mol. The van der Waals surface area contributed by atoms with E-state index in [0.29, 0.717) is 40.5 Å². The quantitative estimate of drug-likeness (QED) is 0.410. The molecular formula is C23H23FN4O. The Morgan fingerprint density at radius 2 is 1.79 bits per heavy atom. The number of halogens is 1. The van der Waals surface area contributed by atoms with Gasteiger partial charge in [0.05, 0.1) is 17.6 Å². The van der Waals surface area contributed by atoms with Crippen LogP contribution in [-0.4, -0.2) is 41.1 Å². The van der Waals surface area contributed by atoms with E-state index in [2.05, 4.69) is 26.7 Å². The van der Waals surface area contributed by atoms with E-state index in [4.69, 9.17) is 10.5 Å². The van der Waals surface area contributed by atoms with Gasteiger partial charge in [-0.3, -0.25) is 0 Å². The van der Waals surface area contributed by atoms with Gasteiger partial charge in [0.25, 0.3) is 0 Å². The molecule has 5 nitrogen and oxygen atoms in total. The Bertz CT molecular complexity index is 1050. The highest BCUT2D eigenvalue weighted by atomic mass is 19.1. The maximum absolute atomic E-state index is 13.1. The van der Waals surface area contributed by atoms with Crippen LogP contribution in [0.4, 0.5) is 10.1 Å². The SMILES string of the molecule is Nc1ccc2nc(OCCCN3CCCC3)c(C#Cc3ccc(F)cc3)nc2c1. The number of likely N-dealkylation sites (tertiary alicyclic amines) is 1. The van der Waals surface area contributed by atoms with Gasteiger partial charge in [-0.15, -0.1) is 0 Å². The molecule has 0 aliphatic carbocycles. The van der Waals surface area contributed by atoms with Crippen LogP contribution in [0, 0.1) is 17.7 Å². The number of anilines is 1. The third-order valence-electron chi connectivity index (χ3n) is 4.88. The second-order valence-electron chi connectivity index (χ2n) is 7.13. The first-order chi connectivity index (χ1) is 14.2. The van der Waals surface area contributed by atoms with Gasteiger partial charge in [-0.25, -0.2) is 14.4 Å². The zero-order chi connectivity index (χ0) is 20.1. The molecule has 0 atom stereocenters. The van der Waals surface area contributed by atoms with Crippen LogP contribution in [0.3, 0.4) is 0 Å². The van der Waals surface area contributed by atoms with Crippen LogP contribution >= 0.6 is 0 Å². The Kier molecular flexibility index (Phi) is 5.87. The first kappa shape index (κ1) is 19.2. The van der Waals surface area contributed by atoms with E-state index < -0.39 is 0 Å². The Labute approximate surface area is 169 Å². The van der Waals surface area contributed by atoms with Crippen molar-refractivity contribution in [2.45, 2.75) is 19.3 Å². The van der Waals surface area contributed by atoms with Crippen molar-refractivity contribution in [2.75, 3.05) is 32.0 Å². The summed E-state index contributed by atoms with van der Waals surface area (Å²) in [5, 5.41) is 0. The summed E-state index contributed by atoms with van der Waals surface area (Å²) < 4.78 is 19.1. The maximum atomic E-state index is 13.1. The fraction of sp³-hybridized carbons (Fsp3) is 0.304. The van der Waals surface area contributed by atoms with Gasteiger partial charge in [-0.2, -0.15) is 0 Å². The minimum Gasteiger partial charge on any atom is -0.476 e. The normalized spacial score (nSPS) is 14.0. The van der Waals surface area contributed by atoms with Gasteiger partial charge in [-0.05, 0) is 80.7 Å². The van der Waals surface area contributed by atoms with Crippen LogP contribution in [0.25, 0.3) is 11.0 Å². The van der Waals surface area contributed by atoms with E-state index in [1.165, 1.54) is 38.1 Å². The van der Waals surface area contributed by atoms with Gasteiger partial charge in [0.2, 0.25) is 5.88 Å². The molecule has 1 aliphatic rings. The summed E-state index contributed by atoms with van der Waals surface area (Å²) in [6, 6.07) is 11.4. The van der Waals surface area contributed by atoms with Crippen molar-refractivity contribution in [2.24, 2.45) is 0 Å². The number of hydrogen-bond acceptors (Lipinski definition) is 5. The van der Waals surface area contributed by atoms with E-state index >= 15 is 0 Å². The highest BCUT2D eigenvalue weighted by Gasteiger charge is 2.12. The number of nitrogens with zero attached hydrogens (tertiary/aromatic N) is 3. The second kappa shape index (κ2) is 8.89. The number of nitrogens with two attached hydrogens (primary N) is 1. The van der Waals surface area contributed by atoms with Gasteiger partial charge < -0.3 is 15.4 Å². The van der Waals surface area contributed by atoms with E-state index in [1.54, 1.807) is 24.3 Å². The lowest BCUT2D eigenvalue weighted by Gasteiger charge is -2.14. The molecule has 4 rings (SSSR count). The number of ether oxygens (including phenoxy) is 1. The van der Waals surface area contributed by atoms with Gasteiger partial charge >= 0.3 is 0 Å². The van der Waals surface area contributed by atoms with Crippen molar-refractivity contribution in [1.29, 1.82) is 0 Å². The zero-order valence-corrected chi connectivity index (χ0v) is 16.2. The molecule has 0 saturated carbocycles. The molecule has 0 radical (unpaired) electrons. The van der Waals surface area contributed by atoms with Crippen LogP contribution < -0.4 is 10.5 Å². The first-order valence-corrected chi connectivity index (χ1v) is 9.87. The van der Waals surface area contributed by atoms with Crippen molar-refractivity contribution in [3.63, 3.8) is 0 Å². The van der Waals surface area contributed by atoms with Crippen LogP contribution in [0.5, 0.6) is 5.88 Å². The molecule has 0 unspecified atom stereocenters. The van der Waals surface area contributed by atoms with Crippen molar-refractivity contribution >= 4 is 16.7 Å². The standard InChI is InChI=1S/C23H23FN4O/c24-18-7-4-17(5-8-18)6-10-21-23(29-15-3-14-28-12-1-2-13-28)27-20-11-9-19(25)16-22(20)26-21/h4-5,7-9,11,16H,1-3,12-15,25H2. The number of benzene rings is 2. The largest absolute Gasteiger partial charge is 0.476 e. The number of aromatic nitrogens is 2. The van der Waals surface area contributed by atoms with Crippen LogP contribution in [-0.2, 0) is 0 Å². The van der Waals surface area contributed by atoms with Gasteiger partial charge in [0.1, 0.15) is 5.82 Å². The molecule has 0 amide bonds. The highest BCUT2D eigenvalue weighted by Crippen LogP contribution is 2.21. The summed E-state index contributed by atoms with van der Waals surface area (Å²) in [5.41, 5.74) is 9.01. The third-order valence-corrected chi connectivity index (χ3v) is 4.88. The lowest BCUT2D eigenvalue weighted by molar-refractivity contribution is 0.256. The van der Waals surface area contributed by atoms with Crippen molar-refractivity contribution in [1.82, 2.24) is 14.9 Å². The number of fused-ring (bicyclic) bond motifs is 1. The molecule has 2 N–H and O–H groups in total. The highest BCUT2D eigenvalue weighted by molar-refractivity contribution is 5.79. The summed E-state index contributed by atoms with van der Waals surface area (Å²) in [6.07, 6.45) is 3.48. The van der Waals surface area contributed by atoms with Gasteiger partial charge in [0.15, 0.2) is 5.69 Å². The number of nitrogen functional groups attached to an aromatic ring is 1. The van der Waals surface area contributed by atoms with Crippen molar-refractivity contribution in [3.05, 3.63) is 59.5 Å². The van der Waals surface area contributed by atoms with E-state index in [9.17, 15) is 4.39 Å². The fourth-order valence-corrected chi connectivity index (χ4v) is 3.37. The van der Waals surface area contributed by atoms with Gasteiger partial charge in [-0.1, -0.05) is 5.92 Å². The summed E-state index contributed by atoms with van der Waals surface area (Å²) in [4.78, 5) is 11.6. The molecule has 2 heterocycles. The Morgan fingerprint density at radius 3 is 2.59 bits per heavy atom. The number of rotatable bonds is 5. The lowest BCUT2D eigenvalue weighted by Crippen LogP contribution is -2.22. The molecule has 3 aromatic rings. The molecule has 0 spiro atoms. The molecule has 148 valence electrons. The Balaban J connectivity index is 1.55. The van der Waals surface area contributed by atoms with E-state index in [-0.39, 0.29) is 5.82 Å². The van der Waals surface area contributed by atoms with Gasteiger partial charge in [0, 0.05) is 17.8 Å². The molecule has 0 bridgehead atoms. The fourth-order valence-electron chi connectivity index (χ4n) is 3.37. The minimum atomic E-state index is -0.293. The average Bonchev–Trinajstić information content (AvgIpc) is 3.24. The molecular weight excluding hydrogens is 367 g/mol. The predicted octanol–water partition coefficient (Wildman–Crippen LogP) is 3.62. The Hall–Kier alpha value is -3.17. The first-order valence-electron chi connectivity index (χ1n) is 9.87. The van der Waals surface area contributed by atoms with E-state index in [0.717, 1.165) is 13.0 Å². The topological polar surface area (TPSA) is 64.3 Å². The van der Waals surface area contributed by atoms with Crippen LogP contribution in [0.15, 0.2) is 42.5 Å². The third kappa shape index (κ3) is 5.01. The smallest absolute Gasteiger partial charge is 0.249 e. The molecule has 1 fully saturated rings. The summed E-state index contributed by atoms with van der Waals surface area (Å²) >= 11 is 0. The zero-order valence-electron chi connectivity index (χ0n) is 16.2. The number of hydrogen-bond donors (Lipinski definition) is 1. The molecule has 2 aromatic carbocycles. The molecule has 6 heteroatoms. The Morgan fingerprint density at radius 1 is 1.00 bits per heavy atom. The van der Waals surface area contributed by atoms with Crippen LogP contribution in [0.2, 0.25) is 0 Å². The predicted molar refractivity (Wildman–Crippen MR) is 112 cm³/mol. The maximum Gasteiger partial charge on any atom is 0.249 e. The summed E-state index contributed by atoms with van der Waals surface area (Å²) in [6.45, 7) is 3.92. The minimum absolute atomic E-state index is 0.293. The second-order valence-corrected chi connectivity index (χ2v) is 7.13. The summed E-state index contributed by atoms with van der Waals surface area (Å²) in [7, 11) is 0. The van der Waals surface area contributed by atoms with E-state index in [1.807, 2.05) is 6.07 Å². The van der Waals surface area contributed by atoms with Crippen LogP contribution in [0.1, 0.15) is 30.5 Å². The average molecular weight is 390 g/mol. The van der Waals surface area contributed by atoms with Crippen molar-refractivity contribution in [3.8, 4) is 17.7 Å². The lowest BCUT2D eigenvalue weighted by atomic mass is 10.2. The molecule has 1 aliphatic heterocycles. The van der Waals surface area contributed by atoms with Crippen molar-refractivity contribution < 1.29 is 9.13 Å².